The number of carbonyl (C=O) groups is 1. The van der Waals surface area contributed by atoms with E-state index < -0.39 is 5.97 Å². The minimum atomic E-state index is -0.807. The number of hydrogen-bond donors (Lipinski definition) is 1. The van der Waals surface area contributed by atoms with Crippen LogP contribution in [0.3, 0.4) is 0 Å². The van der Waals surface area contributed by atoms with Gasteiger partial charge in [-0.3, -0.25) is 4.79 Å². The van der Waals surface area contributed by atoms with Crippen molar-refractivity contribution in [2.24, 2.45) is 0 Å². The first-order valence-electron chi connectivity index (χ1n) is 2.57. The van der Waals surface area contributed by atoms with E-state index in [9.17, 15) is 4.79 Å². The number of hydrogen-bond acceptors (Lipinski definition) is 2. The third-order valence-corrected chi connectivity index (χ3v) is 0.664. The quantitative estimate of drug-likeness (QED) is 0.746. The van der Waals surface area contributed by atoms with Gasteiger partial charge in [0.25, 0.3) is 0 Å². The van der Waals surface area contributed by atoms with Gasteiger partial charge < -0.3 is 9.84 Å². The van der Waals surface area contributed by atoms with E-state index in [1.807, 2.05) is 6.92 Å². The van der Waals surface area contributed by atoms with Gasteiger partial charge in [-0.25, -0.2) is 0 Å². The molecule has 0 spiro atoms. The Bertz CT molecular complexity index is 74.6. The number of aliphatic carboxylic acids is 1. The summed E-state index contributed by atoms with van der Waals surface area (Å²) in [4.78, 5) is 9.79. The van der Waals surface area contributed by atoms with Gasteiger partial charge >= 0.3 is 5.97 Å². The van der Waals surface area contributed by atoms with Crippen molar-refractivity contribution in [3.8, 4) is 0 Å². The van der Waals surface area contributed by atoms with Crippen LogP contribution < -0.4 is 0 Å². The van der Waals surface area contributed by atoms with Crippen molar-refractivity contribution in [3.05, 3.63) is 0 Å². The Morgan fingerprint density at radius 2 is 2.22 bits per heavy atom. The van der Waals surface area contributed by atoms with Gasteiger partial charge in [0.15, 0.2) is 0 Å². The molecule has 0 rings (SSSR count). The summed E-state index contributed by atoms with van der Waals surface area (Å²) in [5.74, 6) is -0.807. The standard InChI is InChI=1S/C5H10O3.La/c1-2-8-4-3-5(6)7;/h2-4H2,1H3,(H,6,7);. The first-order chi connectivity index (χ1) is 3.77. The van der Waals surface area contributed by atoms with Crippen LogP contribution in [0, 0.1) is 35.6 Å². The van der Waals surface area contributed by atoms with Gasteiger partial charge in [0, 0.05) is 42.2 Å². The molecule has 3 nitrogen and oxygen atoms in total. The second-order valence-electron chi connectivity index (χ2n) is 1.34. The van der Waals surface area contributed by atoms with E-state index in [0.29, 0.717) is 13.2 Å². The summed E-state index contributed by atoms with van der Waals surface area (Å²) >= 11 is 0. The van der Waals surface area contributed by atoms with Gasteiger partial charge in [-0.15, -0.1) is 0 Å². The SMILES string of the molecule is CCOCCC(=O)O.[La]. The van der Waals surface area contributed by atoms with Crippen molar-refractivity contribution in [1.29, 1.82) is 0 Å². The molecule has 0 aliphatic rings. The molecule has 0 fully saturated rings. The van der Waals surface area contributed by atoms with E-state index in [1.54, 1.807) is 0 Å². The van der Waals surface area contributed by atoms with E-state index in [2.05, 4.69) is 0 Å². The van der Waals surface area contributed by atoms with Gasteiger partial charge in [-0.1, -0.05) is 0 Å². The molecule has 0 aromatic heterocycles. The largest absolute Gasteiger partial charge is 0.481 e. The maximum Gasteiger partial charge on any atom is 0.305 e. The Kier molecular flexibility index (Phi) is 11.8. The van der Waals surface area contributed by atoms with E-state index in [1.165, 1.54) is 0 Å². The van der Waals surface area contributed by atoms with Gasteiger partial charge in [-0.05, 0) is 6.92 Å². The van der Waals surface area contributed by atoms with Crippen LogP contribution in [0.1, 0.15) is 13.3 Å². The van der Waals surface area contributed by atoms with E-state index in [4.69, 9.17) is 9.84 Å². The van der Waals surface area contributed by atoms with Crippen LogP contribution in [-0.4, -0.2) is 24.3 Å². The van der Waals surface area contributed by atoms with Crippen molar-refractivity contribution in [2.75, 3.05) is 13.2 Å². The summed E-state index contributed by atoms with van der Waals surface area (Å²) < 4.78 is 4.76. The van der Waals surface area contributed by atoms with Crippen molar-refractivity contribution in [1.82, 2.24) is 0 Å². The van der Waals surface area contributed by atoms with Crippen LogP contribution in [0.15, 0.2) is 0 Å². The number of ether oxygens (including phenoxy) is 1. The molecule has 1 radical (unpaired) electrons. The minimum absolute atomic E-state index is 0. The van der Waals surface area contributed by atoms with Crippen molar-refractivity contribution >= 4 is 5.97 Å². The Hall–Kier alpha value is 0.625. The second-order valence-corrected chi connectivity index (χ2v) is 1.34. The third-order valence-electron chi connectivity index (χ3n) is 0.664. The van der Waals surface area contributed by atoms with Crippen molar-refractivity contribution < 1.29 is 50.2 Å². The fourth-order valence-electron chi connectivity index (χ4n) is 0.304. The van der Waals surface area contributed by atoms with Crippen LogP contribution in [0.25, 0.3) is 0 Å². The molecule has 0 aliphatic heterocycles. The van der Waals surface area contributed by atoms with E-state index in [0.717, 1.165) is 0 Å². The molecule has 51 valence electrons. The molecular formula is C5H10LaO3. The predicted molar refractivity (Wildman–Crippen MR) is 28.7 cm³/mol. The fourth-order valence-corrected chi connectivity index (χ4v) is 0.304. The van der Waals surface area contributed by atoms with Crippen LogP contribution >= 0.6 is 0 Å². The molecule has 0 saturated heterocycles. The third kappa shape index (κ3) is 12.0. The van der Waals surface area contributed by atoms with Crippen LogP contribution in [0.4, 0.5) is 0 Å². The zero-order valence-electron chi connectivity index (χ0n) is 5.46. The topological polar surface area (TPSA) is 46.5 Å². The van der Waals surface area contributed by atoms with Crippen LogP contribution in [0.5, 0.6) is 0 Å². The molecule has 0 heterocycles. The Morgan fingerprint density at radius 1 is 1.67 bits per heavy atom. The maximum atomic E-state index is 9.79. The summed E-state index contributed by atoms with van der Waals surface area (Å²) in [5, 5.41) is 8.06. The molecule has 1 N–H and O–H groups in total. The fraction of sp³-hybridized carbons (Fsp3) is 0.800. The summed E-state index contributed by atoms with van der Waals surface area (Å²) in [7, 11) is 0. The molecule has 0 atom stereocenters. The Labute approximate surface area is 82.4 Å². The molecule has 0 saturated carbocycles. The first-order valence-corrected chi connectivity index (χ1v) is 2.57. The number of rotatable bonds is 4. The second kappa shape index (κ2) is 8.62. The summed E-state index contributed by atoms with van der Waals surface area (Å²) in [6.45, 7) is 2.75. The molecule has 0 amide bonds. The zero-order chi connectivity index (χ0) is 6.41. The van der Waals surface area contributed by atoms with Gasteiger partial charge in [0.1, 0.15) is 0 Å². The Morgan fingerprint density at radius 3 is 2.56 bits per heavy atom. The number of carboxylic acid groups (broad SMARTS) is 1. The van der Waals surface area contributed by atoms with Crippen LogP contribution in [-0.2, 0) is 9.53 Å². The van der Waals surface area contributed by atoms with E-state index >= 15 is 0 Å². The molecular weight excluding hydrogens is 247 g/mol. The summed E-state index contributed by atoms with van der Waals surface area (Å²) in [6, 6.07) is 0. The Balaban J connectivity index is 0. The van der Waals surface area contributed by atoms with Crippen molar-refractivity contribution in [3.63, 3.8) is 0 Å². The van der Waals surface area contributed by atoms with E-state index in [-0.39, 0.29) is 42.0 Å². The molecule has 0 aromatic carbocycles. The molecule has 0 unspecified atom stereocenters. The minimum Gasteiger partial charge on any atom is -0.481 e. The average Bonchev–Trinajstić information content (AvgIpc) is 1.66. The average molecular weight is 257 g/mol. The molecule has 4 heteroatoms. The van der Waals surface area contributed by atoms with Gasteiger partial charge in [0.2, 0.25) is 0 Å². The monoisotopic (exact) mass is 257 g/mol. The molecule has 9 heavy (non-hydrogen) atoms. The molecule has 0 aromatic rings. The maximum absolute atomic E-state index is 9.79. The smallest absolute Gasteiger partial charge is 0.305 e. The first kappa shape index (κ1) is 12.3. The normalized spacial score (nSPS) is 8.11. The van der Waals surface area contributed by atoms with Crippen LogP contribution in [0.2, 0.25) is 0 Å². The predicted octanol–water partition coefficient (Wildman–Crippen LogP) is 0.498. The van der Waals surface area contributed by atoms with Gasteiger partial charge in [0.05, 0.1) is 13.0 Å². The summed E-state index contributed by atoms with van der Waals surface area (Å²) in [6.07, 6.45) is 0.105. The van der Waals surface area contributed by atoms with Gasteiger partial charge in [-0.2, -0.15) is 0 Å². The number of carboxylic acids is 1. The van der Waals surface area contributed by atoms with Crippen molar-refractivity contribution in [2.45, 2.75) is 13.3 Å². The molecule has 0 aliphatic carbocycles. The molecule has 0 bridgehead atoms. The summed E-state index contributed by atoms with van der Waals surface area (Å²) in [5.41, 5.74) is 0. The zero-order valence-corrected chi connectivity index (χ0v) is 9.09.